The summed E-state index contributed by atoms with van der Waals surface area (Å²) in [4.78, 5) is 25.9. The third kappa shape index (κ3) is 3.91. The molecule has 2 rings (SSSR count). The van der Waals surface area contributed by atoms with Crippen LogP contribution in [0.25, 0.3) is 0 Å². The highest BCUT2D eigenvalue weighted by Gasteiger charge is 2.43. The van der Waals surface area contributed by atoms with Crippen LogP contribution in [-0.4, -0.2) is 40.8 Å². The number of amides is 2. The number of hydrogen-bond donors (Lipinski definition) is 1. The molecule has 5 nitrogen and oxygen atoms in total. The smallest absolute Gasteiger partial charge is 0.416 e. The van der Waals surface area contributed by atoms with Crippen molar-refractivity contribution in [3.05, 3.63) is 35.9 Å². The van der Waals surface area contributed by atoms with Crippen molar-refractivity contribution in [2.75, 3.05) is 6.61 Å². The van der Waals surface area contributed by atoms with E-state index in [2.05, 4.69) is 0 Å². The minimum absolute atomic E-state index is 0.192. The van der Waals surface area contributed by atoms with Crippen LogP contribution < -0.4 is 0 Å². The maximum Gasteiger partial charge on any atom is 0.416 e. The van der Waals surface area contributed by atoms with Gasteiger partial charge in [0.15, 0.2) is 0 Å². The Balaban J connectivity index is 2.14. The number of nitrogens with zero attached hydrogens (tertiary/aromatic N) is 1. The topological polar surface area (TPSA) is 66.8 Å². The lowest BCUT2D eigenvalue weighted by molar-refractivity contribution is -0.139. The number of aliphatic hydroxyl groups excluding tert-OH is 1. The first-order valence-corrected chi connectivity index (χ1v) is 7.93. The second kappa shape index (κ2) is 6.71. The average molecular weight is 319 g/mol. The van der Waals surface area contributed by atoms with Crippen molar-refractivity contribution in [3.8, 4) is 0 Å². The van der Waals surface area contributed by atoms with Crippen molar-refractivity contribution >= 4 is 12.0 Å². The molecule has 0 saturated carbocycles. The van der Waals surface area contributed by atoms with Crippen molar-refractivity contribution in [3.63, 3.8) is 0 Å². The Morgan fingerprint density at radius 3 is 2.52 bits per heavy atom. The zero-order valence-electron chi connectivity index (χ0n) is 14.2. The highest BCUT2D eigenvalue weighted by Crippen LogP contribution is 2.28. The Morgan fingerprint density at radius 1 is 1.35 bits per heavy atom. The maximum atomic E-state index is 12.7. The molecule has 1 heterocycles. The monoisotopic (exact) mass is 319 g/mol. The molecule has 0 aliphatic carbocycles. The second-order valence-corrected chi connectivity index (χ2v) is 7.23. The van der Waals surface area contributed by atoms with Gasteiger partial charge in [-0.2, -0.15) is 0 Å². The highest BCUT2D eigenvalue weighted by atomic mass is 16.6. The summed E-state index contributed by atoms with van der Waals surface area (Å²) in [5, 5.41) is 10.3. The van der Waals surface area contributed by atoms with E-state index in [0.29, 0.717) is 6.42 Å². The fourth-order valence-electron chi connectivity index (χ4n) is 2.87. The van der Waals surface area contributed by atoms with Crippen molar-refractivity contribution in [2.45, 2.75) is 46.3 Å². The first kappa shape index (κ1) is 17.5. The van der Waals surface area contributed by atoms with Gasteiger partial charge in [-0.1, -0.05) is 58.0 Å². The van der Waals surface area contributed by atoms with Crippen LogP contribution in [0.3, 0.4) is 0 Å². The van der Waals surface area contributed by atoms with E-state index in [1.54, 1.807) is 6.92 Å². The third-order valence-corrected chi connectivity index (χ3v) is 4.26. The molecule has 1 aromatic rings. The molecule has 1 N–H and O–H groups in total. The summed E-state index contributed by atoms with van der Waals surface area (Å²) in [7, 11) is 0. The SMILES string of the molecule is C[C@H](C(=O)N1C(=O)OC[C@@H]1Cc1ccccc1)[C@H](O)C(C)(C)C. The summed E-state index contributed by atoms with van der Waals surface area (Å²) in [6.45, 7) is 7.45. The molecule has 1 aromatic carbocycles. The number of ether oxygens (including phenoxy) is 1. The van der Waals surface area contributed by atoms with E-state index < -0.39 is 23.5 Å². The predicted molar refractivity (Wildman–Crippen MR) is 86.8 cm³/mol. The number of imide groups is 1. The van der Waals surface area contributed by atoms with E-state index in [0.717, 1.165) is 5.56 Å². The lowest BCUT2D eigenvalue weighted by Crippen LogP contribution is -2.48. The number of rotatable bonds is 4. The summed E-state index contributed by atoms with van der Waals surface area (Å²) in [6, 6.07) is 9.35. The van der Waals surface area contributed by atoms with Gasteiger partial charge in [0.2, 0.25) is 5.91 Å². The van der Waals surface area contributed by atoms with Crippen LogP contribution in [0, 0.1) is 11.3 Å². The summed E-state index contributed by atoms with van der Waals surface area (Å²) in [5.74, 6) is -1.05. The Morgan fingerprint density at radius 2 is 1.96 bits per heavy atom. The Labute approximate surface area is 137 Å². The van der Waals surface area contributed by atoms with Gasteiger partial charge in [-0.25, -0.2) is 9.69 Å². The molecule has 23 heavy (non-hydrogen) atoms. The molecule has 0 spiro atoms. The summed E-state index contributed by atoms with van der Waals surface area (Å²) in [5.41, 5.74) is 0.603. The second-order valence-electron chi connectivity index (χ2n) is 7.23. The van der Waals surface area contributed by atoms with E-state index in [-0.39, 0.29) is 18.6 Å². The van der Waals surface area contributed by atoms with E-state index in [1.807, 2.05) is 51.1 Å². The normalized spacial score (nSPS) is 21.0. The molecule has 0 bridgehead atoms. The predicted octanol–water partition coefficient (Wildman–Crippen LogP) is 2.62. The largest absolute Gasteiger partial charge is 0.447 e. The number of carbonyl (C=O) groups excluding carboxylic acids is 2. The zero-order valence-corrected chi connectivity index (χ0v) is 14.2. The maximum absolute atomic E-state index is 12.7. The number of cyclic esters (lactones) is 1. The molecule has 126 valence electrons. The molecule has 0 aromatic heterocycles. The molecular formula is C18H25NO4. The van der Waals surface area contributed by atoms with Gasteiger partial charge >= 0.3 is 6.09 Å². The van der Waals surface area contributed by atoms with E-state index in [4.69, 9.17) is 4.74 Å². The number of aliphatic hydroxyl groups is 1. The summed E-state index contributed by atoms with van der Waals surface area (Å²) < 4.78 is 5.07. The molecule has 1 aliphatic rings. The third-order valence-electron chi connectivity index (χ3n) is 4.26. The van der Waals surface area contributed by atoms with Gasteiger partial charge in [0.05, 0.1) is 18.1 Å². The lowest BCUT2D eigenvalue weighted by atomic mass is 9.81. The molecule has 3 atom stereocenters. The molecule has 1 saturated heterocycles. The first-order chi connectivity index (χ1) is 10.7. The van der Waals surface area contributed by atoms with Crippen LogP contribution in [0.15, 0.2) is 30.3 Å². The molecule has 1 aliphatic heterocycles. The highest BCUT2D eigenvalue weighted by molar-refractivity contribution is 5.95. The first-order valence-electron chi connectivity index (χ1n) is 7.93. The van der Waals surface area contributed by atoms with Gasteiger partial charge < -0.3 is 9.84 Å². The van der Waals surface area contributed by atoms with Gasteiger partial charge in [-0.15, -0.1) is 0 Å². The van der Waals surface area contributed by atoms with Crippen LogP contribution in [0.4, 0.5) is 4.79 Å². The van der Waals surface area contributed by atoms with Crippen molar-refractivity contribution < 1.29 is 19.4 Å². The summed E-state index contributed by atoms with van der Waals surface area (Å²) in [6.07, 6.45) is -0.902. The number of carbonyl (C=O) groups is 2. The van der Waals surface area contributed by atoms with Gasteiger partial charge in [0.1, 0.15) is 6.61 Å². The van der Waals surface area contributed by atoms with Gasteiger partial charge in [0, 0.05) is 0 Å². The van der Waals surface area contributed by atoms with E-state index >= 15 is 0 Å². The fraction of sp³-hybridized carbons (Fsp3) is 0.556. The van der Waals surface area contributed by atoms with Crippen LogP contribution in [0.1, 0.15) is 33.3 Å². The van der Waals surface area contributed by atoms with E-state index in [1.165, 1.54) is 4.90 Å². The molecular weight excluding hydrogens is 294 g/mol. The lowest BCUT2D eigenvalue weighted by Gasteiger charge is -2.32. The average Bonchev–Trinajstić information content (AvgIpc) is 2.85. The Kier molecular flexibility index (Phi) is 5.09. The summed E-state index contributed by atoms with van der Waals surface area (Å²) >= 11 is 0. The quantitative estimate of drug-likeness (QED) is 0.926. The standard InChI is InChI=1S/C18H25NO4/c1-12(15(20)18(2,3)4)16(21)19-14(11-23-17(19)22)10-13-8-6-5-7-9-13/h5-9,12,14-15,20H,10-11H2,1-4H3/t12-,14-,15-/m0/s1. The van der Waals surface area contributed by atoms with Crippen LogP contribution in [0.5, 0.6) is 0 Å². The Bertz CT molecular complexity index is 564. The van der Waals surface area contributed by atoms with Crippen LogP contribution in [0.2, 0.25) is 0 Å². The van der Waals surface area contributed by atoms with E-state index in [9.17, 15) is 14.7 Å². The van der Waals surface area contributed by atoms with Gasteiger partial charge in [0.25, 0.3) is 0 Å². The Hall–Kier alpha value is -1.88. The van der Waals surface area contributed by atoms with Crippen LogP contribution in [-0.2, 0) is 16.0 Å². The molecule has 1 fully saturated rings. The number of benzene rings is 1. The van der Waals surface area contributed by atoms with Gasteiger partial charge in [-0.3, -0.25) is 4.79 Å². The molecule has 2 amide bonds. The molecule has 5 heteroatoms. The molecule has 0 radical (unpaired) electrons. The minimum Gasteiger partial charge on any atom is -0.447 e. The van der Waals surface area contributed by atoms with Crippen molar-refractivity contribution in [1.29, 1.82) is 0 Å². The fourth-order valence-corrected chi connectivity index (χ4v) is 2.87. The van der Waals surface area contributed by atoms with Gasteiger partial charge in [-0.05, 0) is 17.4 Å². The van der Waals surface area contributed by atoms with Crippen LogP contribution >= 0.6 is 0 Å². The number of hydrogen-bond acceptors (Lipinski definition) is 4. The minimum atomic E-state index is -0.833. The molecule has 0 unspecified atom stereocenters. The zero-order chi connectivity index (χ0) is 17.2. The van der Waals surface area contributed by atoms with Crippen molar-refractivity contribution in [2.24, 2.45) is 11.3 Å². The van der Waals surface area contributed by atoms with Crippen molar-refractivity contribution in [1.82, 2.24) is 4.90 Å².